The summed E-state index contributed by atoms with van der Waals surface area (Å²) in [6, 6.07) is 18.3. The number of guanidine groups is 1. The van der Waals surface area contributed by atoms with E-state index in [0.717, 1.165) is 17.1 Å². The summed E-state index contributed by atoms with van der Waals surface area (Å²) < 4.78 is 5.21. The fourth-order valence-electron chi connectivity index (χ4n) is 3.47. The third kappa shape index (κ3) is 2.51. The second kappa shape index (κ2) is 6.23. The quantitative estimate of drug-likeness (QED) is 0.427. The van der Waals surface area contributed by atoms with E-state index in [1.54, 1.807) is 7.11 Å². The van der Waals surface area contributed by atoms with E-state index in [9.17, 15) is 0 Å². The zero-order valence-corrected chi connectivity index (χ0v) is 15.2. The molecule has 0 unspecified atom stereocenters. The molecule has 3 aromatic carbocycles. The molecule has 4 heteroatoms. The van der Waals surface area contributed by atoms with E-state index in [1.807, 2.05) is 48.2 Å². The molecule has 0 amide bonds. The molecule has 0 aromatic heterocycles. The molecule has 0 saturated heterocycles. The SMILES string of the molecule is COc1ccc(N(C)C(=N)N(C)c2ccc3cccc4c3c2C=C4)cc1. The van der Waals surface area contributed by atoms with Crippen LogP contribution in [0.1, 0.15) is 11.1 Å². The molecule has 0 fully saturated rings. The standard InChI is InChI=1S/C22H21N3O/c1-24(17-9-11-18(26-3)12-10-17)22(23)25(2)20-14-8-16-6-4-5-15-7-13-19(20)21(15)16/h4-14,23H,1-3H3. The van der Waals surface area contributed by atoms with E-state index >= 15 is 0 Å². The topological polar surface area (TPSA) is 39.6 Å². The van der Waals surface area contributed by atoms with E-state index in [2.05, 4.69) is 42.5 Å². The van der Waals surface area contributed by atoms with Crippen LogP contribution < -0.4 is 14.5 Å². The monoisotopic (exact) mass is 343 g/mol. The summed E-state index contributed by atoms with van der Waals surface area (Å²) in [5.74, 6) is 1.21. The molecule has 1 aliphatic carbocycles. The third-order valence-electron chi connectivity index (χ3n) is 4.98. The lowest BCUT2D eigenvalue weighted by atomic mass is 10.0. The van der Waals surface area contributed by atoms with Crippen molar-refractivity contribution in [2.45, 2.75) is 0 Å². The van der Waals surface area contributed by atoms with E-state index in [0.29, 0.717) is 5.96 Å². The fourth-order valence-corrected chi connectivity index (χ4v) is 3.47. The van der Waals surface area contributed by atoms with Gasteiger partial charge in [0.05, 0.1) is 12.8 Å². The second-order valence-corrected chi connectivity index (χ2v) is 6.42. The Morgan fingerprint density at radius 2 is 1.65 bits per heavy atom. The van der Waals surface area contributed by atoms with Gasteiger partial charge in [-0.25, -0.2) is 0 Å². The number of nitrogens with one attached hydrogen (secondary N) is 1. The van der Waals surface area contributed by atoms with Gasteiger partial charge in [-0.2, -0.15) is 0 Å². The fraction of sp³-hybridized carbons (Fsp3) is 0.136. The maximum Gasteiger partial charge on any atom is 0.202 e. The molecular formula is C22H21N3O. The van der Waals surface area contributed by atoms with Crippen molar-refractivity contribution < 1.29 is 4.74 Å². The van der Waals surface area contributed by atoms with Crippen LogP contribution in [0.2, 0.25) is 0 Å². The Kier molecular flexibility index (Phi) is 3.88. The number of rotatable bonds is 3. The van der Waals surface area contributed by atoms with Gasteiger partial charge in [0.2, 0.25) is 5.96 Å². The van der Waals surface area contributed by atoms with Crippen molar-refractivity contribution in [2.75, 3.05) is 31.0 Å². The summed E-state index contributed by atoms with van der Waals surface area (Å²) in [5.41, 5.74) is 4.39. The van der Waals surface area contributed by atoms with Crippen LogP contribution in [0.25, 0.3) is 22.9 Å². The normalized spacial score (nSPS) is 11.7. The van der Waals surface area contributed by atoms with E-state index in [-0.39, 0.29) is 0 Å². The van der Waals surface area contributed by atoms with Gasteiger partial charge >= 0.3 is 0 Å². The summed E-state index contributed by atoms with van der Waals surface area (Å²) in [5, 5.41) is 11.2. The van der Waals surface area contributed by atoms with Crippen LogP contribution in [0.4, 0.5) is 11.4 Å². The lowest BCUT2D eigenvalue weighted by Crippen LogP contribution is -2.39. The minimum atomic E-state index is 0.406. The molecule has 0 radical (unpaired) electrons. The highest BCUT2D eigenvalue weighted by atomic mass is 16.5. The Labute approximate surface area is 153 Å². The van der Waals surface area contributed by atoms with Crippen LogP contribution in [-0.4, -0.2) is 27.2 Å². The predicted molar refractivity (Wildman–Crippen MR) is 110 cm³/mol. The molecule has 26 heavy (non-hydrogen) atoms. The first-order chi connectivity index (χ1) is 12.6. The number of hydrogen-bond donors (Lipinski definition) is 1. The number of anilines is 2. The molecule has 4 nitrogen and oxygen atoms in total. The Morgan fingerprint density at radius 3 is 2.38 bits per heavy atom. The largest absolute Gasteiger partial charge is 0.497 e. The Hall–Kier alpha value is -3.27. The summed E-state index contributed by atoms with van der Waals surface area (Å²) in [7, 11) is 5.50. The zero-order valence-electron chi connectivity index (χ0n) is 15.2. The summed E-state index contributed by atoms with van der Waals surface area (Å²) in [6.45, 7) is 0. The molecule has 1 N–H and O–H groups in total. The third-order valence-corrected chi connectivity index (χ3v) is 4.98. The first-order valence-corrected chi connectivity index (χ1v) is 8.54. The van der Waals surface area contributed by atoms with Gasteiger partial charge in [-0.05, 0) is 46.7 Å². The van der Waals surface area contributed by atoms with Gasteiger partial charge in [-0.15, -0.1) is 0 Å². The molecule has 0 saturated carbocycles. The van der Waals surface area contributed by atoms with Gasteiger partial charge in [0.1, 0.15) is 5.75 Å². The maximum atomic E-state index is 8.67. The highest BCUT2D eigenvalue weighted by Gasteiger charge is 2.19. The Bertz CT molecular complexity index is 1020. The van der Waals surface area contributed by atoms with Crippen molar-refractivity contribution >= 4 is 40.3 Å². The van der Waals surface area contributed by atoms with Crippen molar-refractivity contribution in [1.82, 2.24) is 0 Å². The Balaban J connectivity index is 1.67. The number of methoxy groups -OCH3 is 1. The van der Waals surface area contributed by atoms with Crippen LogP contribution >= 0.6 is 0 Å². The molecule has 0 heterocycles. The lowest BCUT2D eigenvalue weighted by molar-refractivity contribution is 0.415. The van der Waals surface area contributed by atoms with Crippen molar-refractivity contribution in [1.29, 1.82) is 5.41 Å². The van der Waals surface area contributed by atoms with E-state index in [1.165, 1.54) is 21.9 Å². The lowest BCUT2D eigenvalue weighted by Gasteiger charge is -2.29. The molecule has 130 valence electrons. The Morgan fingerprint density at radius 1 is 0.885 bits per heavy atom. The predicted octanol–water partition coefficient (Wildman–Crippen LogP) is 4.84. The molecule has 3 aromatic rings. The molecule has 0 spiro atoms. The molecular weight excluding hydrogens is 322 g/mol. The maximum absolute atomic E-state index is 8.67. The van der Waals surface area contributed by atoms with Gasteiger partial charge in [0.15, 0.2) is 0 Å². The average Bonchev–Trinajstić information content (AvgIpc) is 3.12. The number of nitrogens with zero attached hydrogens (tertiary/aromatic N) is 2. The van der Waals surface area contributed by atoms with E-state index in [4.69, 9.17) is 10.1 Å². The smallest absolute Gasteiger partial charge is 0.202 e. The highest BCUT2D eigenvalue weighted by molar-refractivity contribution is 6.12. The second-order valence-electron chi connectivity index (χ2n) is 6.42. The van der Waals surface area contributed by atoms with Crippen LogP contribution in [0.5, 0.6) is 5.75 Å². The molecule has 0 bridgehead atoms. The van der Waals surface area contributed by atoms with Crippen LogP contribution in [0.3, 0.4) is 0 Å². The van der Waals surface area contributed by atoms with Crippen molar-refractivity contribution in [3.05, 3.63) is 65.7 Å². The summed E-state index contributed by atoms with van der Waals surface area (Å²) in [6.07, 6.45) is 4.29. The van der Waals surface area contributed by atoms with Crippen molar-refractivity contribution in [3.63, 3.8) is 0 Å². The zero-order chi connectivity index (χ0) is 18.3. The van der Waals surface area contributed by atoms with Crippen molar-refractivity contribution in [3.8, 4) is 5.75 Å². The van der Waals surface area contributed by atoms with Crippen LogP contribution in [0.15, 0.2) is 54.6 Å². The minimum Gasteiger partial charge on any atom is -0.497 e. The molecule has 0 atom stereocenters. The van der Waals surface area contributed by atoms with Crippen LogP contribution in [0, 0.1) is 5.41 Å². The van der Waals surface area contributed by atoms with Gasteiger partial charge in [-0.3, -0.25) is 5.41 Å². The number of hydrogen-bond acceptors (Lipinski definition) is 2. The van der Waals surface area contributed by atoms with Gasteiger partial charge in [0, 0.05) is 25.3 Å². The molecule has 0 aliphatic heterocycles. The number of ether oxygens (including phenoxy) is 1. The van der Waals surface area contributed by atoms with Gasteiger partial charge in [0.25, 0.3) is 0 Å². The van der Waals surface area contributed by atoms with Gasteiger partial charge in [-0.1, -0.05) is 36.4 Å². The first-order valence-electron chi connectivity index (χ1n) is 8.54. The first kappa shape index (κ1) is 16.2. The van der Waals surface area contributed by atoms with E-state index < -0.39 is 0 Å². The molecule has 4 rings (SSSR count). The minimum absolute atomic E-state index is 0.406. The highest BCUT2D eigenvalue weighted by Crippen LogP contribution is 2.37. The average molecular weight is 343 g/mol. The summed E-state index contributed by atoms with van der Waals surface area (Å²) in [4.78, 5) is 3.78. The van der Waals surface area contributed by atoms with Gasteiger partial charge < -0.3 is 14.5 Å². The summed E-state index contributed by atoms with van der Waals surface area (Å²) >= 11 is 0. The number of benzene rings is 3. The van der Waals surface area contributed by atoms with Crippen molar-refractivity contribution in [2.24, 2.45) is 0 Å². The molecule has 1 aliphatic rings. The van der Waals surface area contributed by atoms with Crippen LogP contribution in [-0.2, 0) is 0 Å².